The molecule has 2 aromatic rings. The standard InChI is InChI=1S/C17H15F3N2/c1-16(2,3)15-8-14(17(18,19)20)13(10-22-15)12-6-4-11(9-21)5-7-12/h4-8,10H,1-3H3. The molecule has 0 aliphatic carbocycles. The van der Waals surface area contributed by atoms with E-state index in [2.05, 4.69) is 4.98 Å². The molecule has 0 atom stereocenters. The summed E-state index contributed by atoms with van der Waals surface area (Å²) >= 11 is 0. The summed E-state index contributed by atoms with van der Waals surface area (Å²) < 4.78 is 40.1. The Morgan fingerprint density at radius 2 is 1.64 bits per heavy atom. The molecule has 22 heavy (non-hydrogen) atoms. The average Bonchev–Trinajstić information content (AvgIpc) is 2.45. The highest BCUT2D eigenvalue weighted by Crippen LogP contribution is 2.38. The molecular formula is C17H15F3N2. The summed E-state index contributed by atoms with van der Waals surface area (Å²) in [4.78, 5) is 4.18. The number of aromatic nitrogens is 1. The summed E-state index contributed by atoms with van der Waals surface area (Å²) in [5, 5.41) is 8.77. The molecule has 2 nitrogen and oxygen atoms in total. The van der Waals surface area contributed by atoms with Gasteiger partial charge in [-0.3, -0.25) is 4.98 Å². The second-order valence-electron chi connectivity index (χ2n) is 6.05. The van der Waals surface area contributed by atoms with Crippen molar-refractivity contribution < 1.29 is 13.2 Å². The van der Waals surface area contributed by atoms with Gasteiger partial charge in [0.15, 0.2) is 0 Å². The Bertz CT molecular complexity index is 718. The number of nitrogens with zero attached hydrogens (tertiary/aromatic N) is 2. The SMILES string of the molecule is CC(C)(C)c1cc(C(F)(F)F)c(-c2ccc(C#N)cc2)cn1. The van der Waals surface area contributed by atoms with Gasteiger partial charge in [0.2, 0.25) is 0 Å². The van der Waals surface area contributed by atoms with Crippen molar-refractivity contribution in [3.63, 3.8) is 0 Å². The normalized spacial score (nSPS) is 12.0. The second-order valence-corrected chi connectivity index (χ2v) is 6.05. The van der Waals surface area contributed by atoms with E-state index in [9.17, 15) is 13.2 Å². The van der Waals surface area contributed by atoms with Crippen LogP contribution in [0.3, 0.4) is 0 Å². The lowest BCUT2D eigenvalue weighted by Gasteiger charge is -2.21. The molecular weight excluding hydrogens is 289 g/mol. The molecule has 0 spiro atoms. The van der Waals surface area contributed by atoms with Crippen LogP contribution in [0.15, 0.2) is 36.5 Å². The maximum atomic E-state index is 13.4. The third-order valence-electron chi connectivity index (χ3n) is 3.30. The third-order valence-corrected chi connectivity index (χ3v) is 3.30. The number of halogens is 3. The summed E-state index contributed by atoms with van der Waals surface area (Å²) in [7, 11) is 0. The summed E-state index contributed by atoms with van der Waals surface area (Å²) in [6.07, 6.45) is -3.21. The van der Waals surface area contributed by atoms with Crippen molar-refractivity contribution >= 4 is 0 Å². The van der Waals surface area contributed by atoms with E-state index in [4.69, 9.17) is 5.26 Å². The van der Waals surface area contributed by atoms with Crippen molar-refractivity contribution in [2.75, 3.05) is 0 Å². The summed E-state index contributed by atoms with van der Waals surface area (Å²) in [5.74, 6) is 0. The van der Waals surface area contributed by atoms with Gasteiger partial charge in [-0.1, -0.05) is 32.9 Å². The molecule has 0 saturated heterocycles. The van der Waals surface area contributed by atoms with E-state index < -0.39 is 17.2 Å². The van der Waals surface area contributed by atoms with Crippen molar-refractivity contribution in [3.05, 3.63) is 53.3 Å². The zero-order valence-corrected chi connectivity index (χ0v) is 12.5. The first-order valence-electron chi connectivity index (χ1n) is 6.71. The predicted octanol–water partition coefficient (Wildman–Crippen LogP) is 4.94. The second kappa shape index (κ2) is 5.45. The molecule has 0 amide bonds. The van der Waals surface area contributed by atoms with Gasteiger partial charge < -0.3 is 0 Å². The molecule has 1 aromatic carbocycles. The minimum atomic E-state index is -4.47. The molecule has 1 aromatic heterocycles. The van der Waals surface area contributed by atoms with Gasteiger partial charge in [-0.2, -0.15) is 18.4 Å². The summed E-state index contributed by atoms with van der Waals surface area (Å²) in [6, 6.07) is 9.04. The topological polar surface area (TPSA) is 36.7 Å². The molecule has 1 heterocycles. The number of rotatable bonds is 1. The van der Waals surface area contributed by atoms with E-state index >= 15 is 0 Å². The molecule has 0 N–H and O–H groups in total. The fourth-order valence-electron chi connectivity index (χ4n) is 2.05. The van der Waals surface area contributed by atoms with Gasteiger partial charge in [0.1, 0.15) is 0 Å². The number of nitriles is 1. The van der Waals surface area contributed by atoms with Crippen LogP contribution >= 0.6 is 0 Å². The first kappa shape index (κ1) is 16.0. The van der Waals surface area contributed by atoms with Gasteiger partial charge in [0.05, 0.1) is 17.2 Å². The van der Waals surface area contributed by atoms with E-state index in [1.807, 2.05) is 26.8 Å². The molecule has 0 aliphatic rings. The zero-order valence-electron chi connectivity index (χ0n) is 12.5. The quantitative estimate of drug-likeness (QED) is 0.748. The molecule has 114 valence electrons. The van der Waals surface area contributed by atoms with Crippen molar-refractivity contribution in [1.29, 1.82) is 5.26 Å². The fourth-order valence-corrected chi connectivity index (χ4v) is 2.05. The molecule has 0 aliphatic heterocycles. The van der Waals surface area contributed by atoms with E-state index in [0.29, 0.717) is 16.8 Å². The highest BCUT2D eigenvalue weighted by atomic mass is 19.4. The van der Waals surface area contributed by atoms with Crippen LogP contribution in [0.4, 0.5) is 13.2 Å². The van der Waals surface area contributed by atoms with Gasteiger partial charge >= 0.3 is 6.18 Å². The van der Waals surface area contributed by atoms with Gasteiger partial charge in [-0.15, -0.1) is 0 Å². The highest BCUT2D eigenvalue weighted by molar-refractivity contribution is 5.68. The molecule has 0 fully saturated rings. The molecule has 0 saturated carbocycles. The Morgan fingerprint density at radius 3 is 2.09 bits per heavy atom. The van der Waals surface area contributed by atoms with Gasteiger partial charge in [0.25, 0.3) is 0 Å². The molecule has 2 rings (SSSR count). The van der Waals surface area contributed by atoms with Gasteiger partial charge in [-0.25, -0.2) is 0 Å². The lowest BCUT2D eigenvalue weighted by Crippen LogP contribution is -2.17. The average molecular weight is 304 g/mol. The Kier molecular flexibility index (Phi) is 3.97. The lowest BCUT2D eigenvalue weighted by atomic mass is 9.89. The number of pyridine rings is 1. The first-order valence-corrected chi connectivity index (χ1v) is 6.71. The zero-order chi connectivity index (χ0) is 16.5. The molecule has 0 unspecified atom stereocenters. The molecule has 5 heteroatoms. The maximum absolute atomic E-state index is 13.4. The smallest absolute Gasteiger partial charge is 0.260 e. The fraction of sp³-hybridized carbons (Fsp3) is 0.294. The van der Waals surface area contributed by atoms with Crippen LogP contribution in [0.1, 0.15) is 37.6 Å². The largest absolute Gasteiger partial charge is 0.417 e. The highest BCUT2D eigenvalue weighted by Gasteiger charge is 2.35. The summed E-state index contributed by atoms with van der Waals surface area (Å²) in [5.41, 5.74) is 0.0126. The number of alkyl halides is 3. The number of hydrogen-bond acceptors (Lipinski definition) is 2. The van der Waals surface area contributed by atoms with E-state index in [1.165, 1.54) is 30.5 Å². The lowest BCUT2D eigenvalue weighted by molar-refractivity contribution is -0.137. The first-order chi connectivity index (χ1) is 10.1. The third kappa shape index (κ3) is 3.28. The van der Waals surface area contributed by atoms with Crippen molar-refractivity contribution in [1.82, 2.24) is 4.98 Å². The Balaban J connectivity index is 2.62. The van der Waals surface area contributed by atoms with Crippen LogP contribution in [-0.2, 0) is 11.6 Å². The van der Waals surface area contributed by atoms with Gasteiger partial charge in [0, 0.05) is 22.9 Å². The molecule has 0 radical (unpaired) electrons. The number of benzene rings is 1. The molecule has 0 bridgehead atoms. The number of hydrogen-bond donors (Lipinski definition) is 0. The summed E-state index contributed by atoms with van der Waals surface area (Å²) in [6.45, 7) is 5.45. The van der Waals surface area contributed by atoms with Crippen LogP contribution in [0.5, 0.6) is 0 Å². The van der Waals surface area contributed by atoms with Crippen LogP contribution in [0, 0.1) is 11.3 Å². The van der Waals surface area contributed by atoms with E-state index in [0.717, 1.165) is 6.07 Å². The Hall–Kier alpha value is -2.35. The Morgan fingerprint density at radius 1 is 1.05 bits per heavy atom. The van der Waals surface area contributed by atoms with Crippen molar-refractivity contribution in [3.8, 4) is 17.2 Å². The minimum absolute atomic E-state index is 0.0185. The minimum Gasteiger partial charge on any atom is -0.260 e. The van der Waals surface area contributed by atoms with Gasteiger partial charge in [-0.05, 0) is 23.8 Å². The van der Waals surface area contributed by atoms with Crippen LogP contribution in [0.25, 0.3) is 11.1 Å². The van der Waals surface area contributed by atoms with Crippen LogP contribution in [-0.4, -0.2) is 4.98 Å². The monoisotopic (exact) mass is 304 g/mol. The van der Waals surface area contributed by atoms with Crippen LogP contribution in [0.2, 0.25) is 0 Å². The van der Waals surface area contributed by atoms with Crippen LogP contribution < -0.4 is 0 Å². The van der Waals surface area contributed by atoms with E-state index in [-0.39, 0.29) is 5.56 Å². The predicted molar refractivity (Wildman–Crippen MR) is 78.1 cm³/mol. The van der Waals surface area contributed by atoms with Crippen molar-refractivity contribution in [2.45, 2.75) is 32.4 Å². The maximum Gasteiger partial charge on any atom is 0.417 e. The van der Waals surface area contributed by atoms with Crippen molar-refractivity contribution in [2.24, 2.45) is 0 Å². The Labute approximate surface area is 127 Å². The van der Waals surface area contributed by atoms with E-state index in [1.54, 1.807) is 0 Å².